The Hall–Kier alpha value is -1.10. The van der Waals surface area contributed by atoms with Crippen LogP contribution in [0.3, 0.4) is 0 Å². The Morgan fingerprint density at radius 3 is 2.76 bits per heavy atom. The predicted octanol–water partition coefficient (Wildman–Crippen LogP) is 1.94. The second-order valence-electron chi connectivity index (χ2n) is 5.88. The molecule has 1 atom stereocenters. The van der Waals surface area contributed by atoms with Crippen LogP contribution in [0.15, 0.2) is 24.3 Å². The lowest BCUT2D eigenvalue weighted by molar-refractivity contribution is 0.177. The van der Waals surface area contributed by atoms with E-state index in [9.17, 15) is 0 Å². The zero-order valence-electron chi connectivity index (χ0n) is 13.4. The molecule has 0 aliphatic carbocycles. The summed E-state index contributed by atoms with van der Waals surface area (Å²) in [4.78, 5) is 4.97. The van der Waals surface area contributed by atoms with Crippen molar-refractivity contribution in [3.63, 3.8) is 0 Å². The number of hydrogen-bond donors (Lipinski definition) is 1. The predicted molar refractivity (Wildman–Crippen MR) is 87.6 cm³/mol. The number of ether oxygens (including phenoxy) is 1. The number of likely N-dealkylation sites (N-methyl/N-ethyl adjacent to an activating group) is 2. The number of rotatable bonds is 8. The zero-order valence-corrected chi connectivity index (χ0v) is 13.4. The SMILES string of the molecule is CCN1CCCC1CN(C)CCOc1ccc(CN)cc1. The van der Waals surface area contributed by atoms with Gasteiger partial charge >= 0.3 is 0 Å². The van der Waals surface area contributed by atoms with Gasteiger partial charge in [0.1, 0.15) is 12.4 Å². The standard InChI is InChI=1S/C17H29N3O/c1-3-20-10-4-5-16(20)14-19(2)11-12-21-17-8-6-15(13-18)7-9-17/h6-9,16H,3-5,10-14,18H2,1-2H3. The van der Waals surface area contributed by atoms with Crippen molar-refractivity contribution in [1.82, 2.24) is 9.80 Å². The molecule has 118 valence electrons. The highest BCUT2D eigenvalue weighted by Gasteiger charge is 2.23. The Labute approximate surface area is 128 Å². The summed E-state index contributed by atoms with van der Waals surface area (Å²) in [5, 5.41) is 0. The van der Waals surface area contributed by atoms with Crippen LogP contribution in [0.4, 0.5) is 0 Å². The van der Waals surface area contributed by atoms with Crippen LogP contribution in [0.25, 0.3) is 0 Å². The molecule has 2 N–H and O–H groups in total. The second-order valence-corrected chi connectivity index (χ2v) is 5.88. The highest BCUT2D eigenvalue weighted by molar-refractivity contribution is 5.27. The Bertz CT molecular complexity index is 407. The average molecular weight is 291 g/mol. The summed E-state index contributed by atoms with van der Waals surface area (Å²) in [6.45, 7) is 8.11. The molecule has 0 spiro atoms. The molecule has 0 bridgehead atoms. The van der Waals surface area contributed by atoms with Gasteiger partial charge in [-0.1, -0.05) is 19.1 Å². The van der Waals surface area contributed by atoms with E-state index in [0.29, 0.717) is 6.54 Å². The molecule has 1 aromatic carbocycles. The lowest BCUT2D eigenvalue weighted by Crippen LogP contribution is -2.39. The van der Waals surface area contributed by atoms with E-state index in [0.717, 1.165) is 37.1 Å². The van der Waals surface area contributed by atoms with Crippen molar-refractivity contribution in [3.05, 3.63) is 29.8 Å². The molecule has 0 saturated carbocycles. The first-order chi connectivity index (χ1) is 10.2. The first-order valence-electron chi connectivity index (χ1n) is 8.07. The Morgan fingerprint density at radius 1 is 1.33 bits per heavy atom. The van der Waals surface area contributed by atoms with Crippen LogP contribution in [0, 0.1) is 0 Å². The Balaban J connectivity index is 1.67. The van der Waals surface area contributed by atoms with Gasteiger partial charge in [0, 0.05) is 25.7 Å². The number of likely N-dealkylation sites (tertiary alicyclic amines) is 1. The fraction of sp³-hybridized carbons (Fsp3) is 0.647. The molecular formula is C17H29N3O. The van der Waals surface area contributed by atoms with Crippen molar-refractivity contribution in [2.45, 2.75) is 32.4 Å². The molecule has 1 aliphatic rings. The molecule has 0 aromatic heterocycles. The van der Waals surface area contributed by atoms with E-state index in [-0.39, 0.29) is 0 Å². The molecule has 1 fully saturated rings. The molecule has 21 heavy (non-hydrogen) atoms. The molecule has 1 unspecified atom stereocenters. The summed E-state index contributed by atoms with van der Waals surface area (Å²) < 4.78 is 5.80. The third-order valence-corrected chi connectivity index (χ3v) is 4.33. The number of nitrogens with zero attached hydrogens (tertiary/aromatic N) is 2. The zero-order chi connectivity index (χ0) is 15.1. The maximum atomic E-state index is 5.80. The molecule has 1 aliphatic heterocycles. The molecule has 0 radical (unpaired) electrons. The second kappa shape index (κ2) is 8.37. The normalized spacial score (nSPS) is 19.3. The van der Waals surface area contributed by atoms with Crippen LogP contribution in [-0.2, 0) is 6.54 Å². The van der Waals surface area contributed by atoms with Gasteiger partial charge in [-0.25, -0.2) is 0 Å². The van der Waals surface area contributed by atoms with E-state index < -0.39 is 0 Å². The van der Waals surface area contributed by atoms with Gasteiger partial charge in [-0.2, -0.15) is 0 Å². The minimum atomic E-state index is 0.582. The van der Waals surface area contributed by atoms with E-state index in [4.69, 9.17) is 10.5 Å². The van der Waals surface area contributed by atoms with Crippen LogP contribution in [0.1, 0.15) is 25.3 Å². The maximum absolute atomic E-state index is 5.80. The smallest absolute Gasteiger partial charge is 0.119 e. The number of nitrogens with two attached hydrogens (primary N) is 1. The van der Waals surface area contributed by atoms with E-state index in [1.54, 1.807) is 0 Å². The fourth-order valence-electron chi connectivity index (χ4n) is 3.01. The third-order valence-electron chi connectivity index (χ3n) is 4.33. The van der Waals surface area contributed by atoms with Crippen molar-refractivity contribution < 1.29 is 4.74 Å². The van der Waals surface area contributed by atoms with Gasteiger partial charge in [0.05, 0.1) is 0 Å². The minimum absolute atomic E-state index is 0.582. The van der Waals surface area contributed by atoms with E-state index >= 15 is 0 Å². The summed E-state index contributed by atoms with van der Waals surface area (Å²) in [5.41, 5.74) is 6.73. The number of benzene rings is 1. The third kappa shape index (κ3) is 4.99. The first-order valence-corrected chi connectivity index (χ1v) is 8.07. The first kappa shape index (κ1) is 16.3. The van der Waals surface area contributed by atoms with Gasteiger partial charge in [-0.3, -0.25) is 4.90 Å². The topological polar surface area (TPSA) is 41.7 Å². The van der Waals surface area contributed by atoms with Gasteiger partial charge < -0.3 is 15.4 Å². The lowest BCUT2D eigenvalue weighted by atomic mass is 10.2. The van der Waals surface area contributed by atoms with Crippen molar-refractivity contribution >= 4 is 0 Å². The van der Waals surface area contributed by atoms with E-state index in [1.165, 1.54) is 25.9 Å². The largest absolute Gasteiger partial charge is 0.492 e. The van der Waals surface area contributed by atoms with Crippen molar-refractivity contribution in [3.8, 4) is 5.75 Å². The molecule has 4 nitrogen and oxygen atoms in total. The molecule has 2 rings (SSSR count). The molecule has 4 heteroatoms. The van der Waals surface area contributed by atoms with Crippen LogP contribution in [0.5, 0.6) is 5.75 Å². The van der Waals surface area contributed by atoms with E-state index in [1.807, 2.05) is 24.3 Å². The molecular weight excluding hydrogens is 262 g/mol. The summed E-state index contributed by atoms with van der Waals surface area (Å²) in [6.07, 6.45) is 2.68. The van der Waals surface area contributed by atoms with Gasteiger partial charge in [0.25, 0.3) is 0 Å². The molecule has 0 amide bonds. The van der Waals surface area contributed by atoms with Crippen molar-refractivity contribution in [2.75, 3.05) is 39.8 Å². The summed E-state index contributed by atoms with van der Waals surface area (Å²) in [7, 11) is 2.19. The molecule has 1 aromatic rings. The van der Waals surface area contributed by atoms with E-state index in [2.05, 4.69) is 23.8 Å². The van der Waals surface area contributed by atoms with Gasteiger partial charge in [0.15, 0.2) is 0 Å². The highest BCUT2D eigenvalue weighted by Crippen LogP contribution is 2.17. The summed E-state index contributed by atoms with van der Waals surface area (Å²) in [5.74, 6) is 0.927. The highest BCUT2D eigenvalue weighted by atomic mass is 16.5. The monoisotopic (exact) mass is 291 g/mol. The Morgan fingerprint density at radius 2 is 2.10 bits per heavy atom. The minimum Gasteiger partial charge on any atom is -0.492 e. The fourth-order valence-corrected chi connectivity index (χ4v) is 3.01. The van der Waals surface area contributed by atoms with Crippen LogP contribution >= 0.6 is 0 Å². The quantitative estimate of drug-likeness (QED) is 0.795. The van der Waals surface area contributed by atoms with Crippen molar-refractivity contribution in [1.29, 1.82) is 0 Å². The Kier molecular flexibility index (Phi) is 6.49. The van der Waals surface area contributed by atoms with Crippen LogP contribution in [-0.4, -0.2) is 55.7 Å². The maximum Gasteiger partial charge on any atom is 0.119 e. The number of hydrogen-bond acceptors (Lipinski definition) is 4. The van der Waals surface area contributed by atoms with Gasteiger partial charge in [0.2, 0.25) is 0 Å². The van der Waals surface area contributed by atoms with Crippen LogP contribution in [0.2, 0.25) is 0 Å². The summed E-state index contributed by atoms with van der Waals surface area (Å²) >= 11 is 0. The summed E-state index contributed by atoms with van der Waals surface area (Å²) in [6, 6.07) is 8.77. The van der Waals surface area contributed by atoms with Crippen LogP contribution < -0.4 is 10.5 Å². The molecule has 1 heterocycles. The lowest BCUT2D eigenvalue weighted by Gasteiger charge is -2.27. The average Bonchev–Trinajstić information content (AvgIpc) is 2.95. The van der Waals surface area contributed by atoms with Gasteiger partial charge in [-0.05, 0) is 50.7 Å². The van der Waals surface area contributed by atoms with Gasteiger partial charge in [-0.15, -0.1) is 0 Å². The molecule has 1 saturated heterocycles. The van der Waals surface area contributed by atoms with Crippen molar-refractivity contribution in [2.24, 2.45) is 5.73 Å².